The van der Waals surface area contributed by atoms with Gasteiger partial charge in [-0.15, -0.1) is 6.42 Å². The Bertz CT molecular complexity index is 455. The Morgan fingerprint density at radius 1 is 1.60 bits per heavy atom. The summed E-state index contributed by atoms with van der Waals surface area (Å²) in [5.74, 6) is 2.63. The molecule has 0 unspecified atom stereocenters. The van der Waals surface area contributed by atoms with Gasteiger partial charge in [-0.05, 0) is 19.9 Å². The van der Waals surface area contributed by atoms with Crippen LogP contribution in [0, 0.1) is 23.7 Å². The standard InChI is InChI=1S/C11H9ClN2O/c1-4-11(2,3)15-10-9(12)8(7-13)5-6-14-10/h1,5-6H,2-3H3. The maximum Gasteiger partial charge on any atom is 0.235 e. The Morgan fingerprint density at radius 3 is 2.80 bits per heavy atom. The quantitative estimate of drug-likeness (QED) is 0.719. The van der Waals surface area contributed by atoms with Crippen molar-refractivity contribution in [3.8, 4) is 24.3 Å². The summed E-state index contributed by atoms with van der Waals surface area (Å²) in [7, 11) is 0. The summed E-state index contributed by atoms with van der Waals surface area (Å²) in [5.41, 5.74) is -0.487. The van der Waals surface area contributed by atoms with Crippen LogP contribution < -0.4 is 4.74 Å². The van der Waals surface area contributed by atoms with Crippen LogP contribution in [0.25, 0.3) is 0 Å². The van der Waals surface area contributed by atoms with E-state index in [4.69, 9.17) is 28.0 Å². The van der Waals surface area contributed by atoms with Crippen molar-refractivity contribution in [3.63, 3.8) is 0 Å². The van der Waals surface area contributed by atoms with Gasteiger partial charge in [0.1, 0.15) is 11.1 Å². The number of ether oxygens (including phenoxy) is 1. The summed E-state index contributed by atoms with van der Waals surface area (Å²) < 4.78 is 5.39. The van der Waals surface area contributed by atoms with Gasteiger partial charge >= 0.3 is 0 Å². The lowest BCUT2D eigenvalue weighted by Gasteiger charge is -2.19. The van der Waals surface area contributed by atoms with E-state index in [-0.39, 0.29) is 10.9 Å². The average molecular weight is 221 g/mol. The second kappa shape index (κ2) is 4.21. The molecule has 1 rings (SSSR count). The molecule has 0 aliphatic heterocycles. The zero-order valence-corrected chi connectivity index (χ0v) is 9.17. The molecule has 1 aromatic rings. The van der Waals surface area contributed by atoms with E-state index in [1.807, 2.05) is 6.07 Å². The van der Waals surface area contributed by atoms with Gasteiger partial charge in [0.15, 0.2) is 5.60 Å². The molecule has 0 saturated heterocycles. The van der Waals surface area contributed by atoms with Crippen LogP contribution in [0.1, 0.15) is 19.4 Å². The van der Waals surface area contributed by atoms with Gasteiger partial charge in [-0.2, -0.15) is 5.26 Å². The fourth-order valence-electron chi connectivity index (χ4n) is 0.853. The number of hydrogen-bond donors (Lipinski definition) is 0. The predicted molar refractivity (Wildman–Crippen MR) is 57.5 cm³/mol. The number of halogens is 1. The van der Waals surface area contributed by atoms with E-state index in [0.29, 0.717) is 5.56 Å². The first-order valence-electron chi connectivity index (χ1n) is 4.21. The van der Waals surface area contributed by atoms with Crippen LogP contribution in [0.3, 0.4) is 0 Å². The number of nitriles is 1. The zero-order valence-electron chi connectivity index (χ0n) is 8.41. The van der Waals surface area contributed by atoms with Gasteiger partial charge in [0.05, 0.1) is 5.56 Å². The summed E-state index contributed by atoms with van der Waals surface area (Å²) in [4.78, 5) is 3.92. The van der Waals surface area contributed by atoms with Crippen LogP contribution in [-0.4, -0.2) is 10.6 Å². The highest BCUT2D eigenvalue weighted by Crippen LogP contribution is 2.27. The molecule has 0 atom stereocenters. The van der Waals surface area contributed by atoms with Gasteiger partial charge in [0, 0.05) is 6.20 Å². The Kier molecular flexibility index (Phi) is 3.19. The van der Waals surface area contributed by atoms with Crippen molar-refractivity contribution in [1.82, 2.24) is 4.98 Å². The van der Waals surface area contributed by atoms with Crippen LogP contribution >= 0.6 is 11.6 Å². The number of hydrogen-bond acceptors (Lipinski definition) is 3. The lowest BCUT2D eigenvalue weighted by atomic mass is 10.1. The number of rotatable bonds is 2. The zero-order chi connectivity index (χ0) is 11.5. The van der Waals surface area contributed by atoms with E-state index in [1.165, 1.54) is 12.3 Å². The summed E-state index contributed by atoms with van der Waals surface area (Å²) in [6.07, 6.45) is 6.71. The second-order valence-electron chi connectivity index (χ2n) is 3.35. The SMILES string of the molecule is C#CC(C)(C)Oc1nccc(C#N)c1Cl. The molecular formula is C11H9ClN2O. The van der Waals surface area contributed by atoms with Gasteiger partial charge in [-0.1, -0.05) is 17.5 Å². The monoisotopic (exact) mass is 220 g/mol. The molecule has 0 N–H and O–H groups in total. The number of nitrogens with zero attached hydrogens (tertiary/aromatic N) is 2. The first kappa shape index (κ1) is 11.4. The molecule has 0 fully saturated rings. The molecule has 0 radical (unpaired) electrons. The van der Waals surface area contributed by atoms with E-state index in [1.54, 1.807) is 13.8 Å². The van der Waals surface area contributed by atoms with E-state index in [2.05, 4.69) is 10.9 Å². The van der Waals surface area contributed by atoms with Gasteiger partial charge in [-0.25, -0.2) is 4.98 Å². The van der Waals surface area contributed by atoms with Crippen molar-refractivity contribution in [3.05, 3.63) is 22.8 Å². The van der Waals surface area contributed by atoms with Crippen LogP contribution in [-0.2, 0) is 0 Å². The average Bonchev–Trinajstić information content (AvgIpc) is 2.21. The third kappa shape index (κ3) is 2.62. The molecule has 0 aliphatic rings. The molecule has 0 aliphatic carbocycles. The number of pyridine rings is 1. The highest BCUT2D eigenvalue weighted by atomic mass is 35.5. The van der Waals surface area contributed by atoms with Gasteiger partial charge < -0.3 is 4.74 Å². The van der Waals surface area contributed by atoms with Gasteiger partial charge in [-0.3, -0.25) is 0 Å². The summed E-state index contributed by atoms with van der Waals surface area (Å²) in [6.45, 7) is 3.42. The van der Waals surface area contributed by atoms with Crippen molar-refractivity contribution >= 4 is 11.6 Å². The molecule has 15 heavy (non-hydrogen) atoms. The Balaban J connectivity index is 3.09. The summed E-state index contributed by atoms with van der Waals surface area (Å²) >= 11 is 5.89. The van der Waals surface area contributed by atoms with Crippen molar-refractivity contribution in [1.29, 1.82) is 5.26 Å². The normalized spacial score (nSPS) is 10.2. The van der Waals surface area contributed by atoms with Crippen molar-refractivity contribution in [2.24, 2.45) is 0 Å². The fraction of sp³-hybridized carbons (Fsp3) is 0.273. The molecule has 0 saturated carbocycles. The van der Waals surface area contributed by atoms with Crippen molar-refractivity contribution in [2.75, 3.05) is 0 Å². The lowest BCUT2D eigenvalue weighted by molar-refractivity contribution is 0.165. The van der Waals surface area contributed by atoms with Gasteiger partial charge in [0.25, 0.3) is 0 Å². The largest absolute Gasteiger partial charge is 0.457 e. The first-order valence-corrected chi connectivity index (χ1v) is 4.59. The van der Waals surface area contributed by atoms with Crippen LogP contribution in [0.15, 0.2) is 12.3 Å². The molecular weight excluding hydrogens is 212 g/mol. The third-order valence-corrected chi connectivity index (χ3v) is 2.04. The molecule has 76 valence electrons. The number of terminal acetylenes is 1. The molecule has 1 aromatic heterocycles. The van der Waals surface area contributed by atoms with Gasteiger partial charge in [0.2, 0.25) is 5.88 Å². The smallest absolute Gasteiger partial charge is 0.235 e. The van der Waals surface area contributed by atoms with Crippen LogP contribution in [0.4, 0.5) is 0 Å². The third-order valence-electron chi connectivity index (χ3n) is 1.68. The second-order valence-corrected chi connectivity index (χ2v) is 3.72. The predicted octanol–water partition coefficient (Wildman–Crippen LogP) is 2.40. The number of aromatic nitrogens is 1. The van der Waals surface area contributed by atoms with Crippen LogP contribution in [0.2, 0.25) is 5.02 Å². The molecule has 0 amide bonds. The Hall–Kier alpha value is -1.71. The molecule has 0 bridgehead atoms. The highest BCUT2D eigenvalue weighted by molar-refractivity contribution is 6.32. The van der Waals surface area contributed by atoms with Crippen molar-refractivity contribution in [2.45, 2.75) is 19.4 Å². The maximum absolute atomic E-state index is 8.74. The highest BCUT2D eigenvalue weighted by Gasteiger charge is 2.19. The van der Waals surface area contributed by atoms with E-state index in [9.17, 15) is 0 Å². The minimum Gasteiger partial charge on any atom is -0.457 e. The van der Waals surface area contributed by atoms with E-state index < -0.39 is 5.60 Å². The molecule has 0 spiro atoms. The Labute approximate surface area is 93.6 Å². The molecule has 0 aromatic carbocycles. The van der Waals surface area contributed by atoms with Crippen LogP contribution in [0.5, 0.6) is 5.88 Å². The summed E-state index contributed by atoms with van der Waals surface area (Å²) in [6, 6.07) is 3.45. The van der Waals surface area contributed by atoms with E-state index >= 15 is 0 Å². The molecule has 4 heteroatoms. The maximum atomic E-state index is 8.74. The summed E-state index contributed by atoms with van der Waals surface area (Å²) in [5, 5.41) is 8.92. The topological polar surface area (TPSA) is 45.9 Å². The fourth-order valence-corrected chi connectivity index (χ4v) is 1.05. The van der Waals surface area contributed by atoms with E-state index in [0.717, 1.165) is 0 Å². The molecule has 3 nitrogen and oxygen atoms in total. The van der Waals surface area contributed by atoms with Crippen molar-refractivity contribution < 1.29 is 4.74 Å². The molecule has 1 heterocycles. The Morgan fingerprint density at radius 2 is 2.27 bits per heavy atom. The first-order chi connectivity index (χ1) is 7.00. The minimum atomic E-state index is -0.801. The lowest BCUT2D eigenvalue weighted by Crippen LogP contribution is -2.26. The minimum absolute atomic E-state index is 0.179.